The molecule has 0 aliphatic carbocycles. The summed E-state index contributed by atoms with van der Waals surface area (Å²) in [5.74, 6) is 0. The smallest absolute Gasteiger partial charge is 0.152 e. The van der Waals surface area contributed by atoms with E-state index in [1.165, 1.54) is 0 Å². The topological polar surface area (TPSA) is 49.3 Å². The van der Waals surface area contributed by atoms with Gasteiger partial charge in [-0.3, -0.25) is 15.5 Å². The minimum atomic E-state index is 0.446. The van der Waals surface area contributed by atoms with Gasteiger partial charge in [-0.15, -0.1) is 0 Å². The van der Waals surface area contributed by atoms with E-state index in [2.05, 4.69) is 0 Å². The van der Waals surface area contributed by atoms with Crippen molar-refractivity contribution in [2.24, 2.45) is 0 Å². The van der Waals surface area contributed by atoms with E-state index < -0.39 is 0 Å². The molecular weight excluding hydrogens is 166 g/mol. The van der Waals surface area contributed by atoms with Gasteiger partial charge in [0.1, 0.15) is 0 Å². The first kappa shape index (κ1) is 9.48. The van der Waals surface area contributed by atoms with Gasteiger partial charge in [-0.1, -0.05) is 30.3 Å². The summed E-state index contributed by atoms with van der Waals surface area (Å²) < 4.78 is 0. The Balaban J connectivity index is 3.12. The lowest BCUT2D eigenvalue weighted by atomic mass is 10.1. The van der Waals surface area contributed by atoms with Crippen molar-refractivity contribution in [2.45, 2.75) is 6.92 Å². The van der Waals surface area contributed by atoms with Gasteiger partial charge in [-0.05, 0) is 12.5 Å². The van der Waals surface area contributed by atoms with Crippen LogP contribution in [0, 0.1) is 0 Å². The van der Waals surface area contributed by atoms with Crippen LogP contribution in [0.4, 0.5) is 0 Å². The molecule has 0 radical (unpaired) electrons. The van der Waals surface area contributed by atoms with Gasteiger partial charge in [-0.25, -0.2) is 0 Å². The summed E-state index contributed by atoms with van der Waals surface area (Å²) in [5.41, 5.74) is 3.66. The molecule has 0 saturated heterocycles. The molecule has 3 heteroatoms. The molecule has 3 nitrogen and oxygen atoms in total. The summed E-state index contributed by atoms with van der Waals surface area (Å²) in [6, 6.07) is 9.16. The van der Waals surface area contributed by atoms with Crippen molar-refractivity contribution in [1.82, 2.24) is 5.48 Å². The second kappa shape index (κ2) is 4.42. The molecule has 0 amide bonds. The molecule has 1 aromatic rings. The number of hydroxylamine groups is 1. The van der Waals surface area contributed by atoms with Crippen molar-refractivity contribution in [3.63, 3.8) is 0 Å². The Labute approximate surface area is 76.7 Å². The fourth-order valence-electron chi connectivity index (χ4n) is 1.05. The van der Waals surface area contributed by atoms with Gasteiger partial charge in [-0.2, -0.15) is 0 Å². The second-order valence-electron chi connectivity index (χ2n) is 2.63. The molecule has 68 valence electrons. The Morgan fingerprint density at radius 2 is 2.00 bits per heavy atom. The van der Waals surface area contributed by atoms with Crippen LogP contribution in [0.2, 0.25) is 0 Å². The third-order valence-corrected chi connectivity index (χ3v) is 1.77. The maximum atomic E-state index is 10.7. The predicted octanol–water partition coefficient (Wildman–Crippen LogP) is 1.60. The highest BCUT2D eigenvalue weighted by Gasteiger charge is 2.02. The molecule has 0 aliphatic heterocycles. The van der Waals surface area contributed by atoms with Gasteiger partial charge in [0.25, 0.3) is 0 Å². The van der Waals surface area contributed by atoms with E-state index in [4.69, 9.17) is 5.21 Å². The average Bonchev–Trinajstić information content (AvgIpc) is 2.20. The normalized spacial score (nSPS) is 11.8. The van der Waals surface area contributed by atoms with E-state index in [1.54, 1.807) is 6.92 Å². The number of nitrogens with one attached hydrogen (secondary N) is 1. The summed E-state index contributed by atoms with van der Waals surface area (Å²) >= 11 is 0. The van der Waals surface area contributed by atoms with E-state index in [0.29, 0.717) is 17.6 Å². The third-order valence-electron chi connectivity index (χ3n) is 1.77. The van der Waals surface area contributed by atoms with Crippen LogP contribution in [0.15, 0.2) is 36.0 Å². The summed E-state index contributed by atoms with van der Waals surface area (Å²) in [5, 5.41) is 8.63. The molecule has 0 bridgehead atoms. The molecule has 0 spiro atoms. The van der Waals surface area contributed by atoms with Crippen LogP contribution in [-0.4, -0.2) is 11.5 Å². The number of allylic oxidation sites excluding steroid dienone is 2. The van der Waals surface area contributed by atoms with Crippen LogP contribution in [0.5, 0.6) is 0 Å². The zero-order valence-electron chi connectivity index (χ0n) is 7.32. The van der Waals surface area contributed by atoms with Gasteiger partial charge in [0, 0.05) is 11.3 Å². The van der Waals surface area contributed by atoms with Crippen LogP contribution >= 0.6 is 0 Å². The molecule has 0 aliphatic rings. The fourth-order valence-corrected chi connectivity index (χ4v) is 1.05. The maximum absolute atomic E-state index is 10.7. The van der Waals surface area contributed by atoms with Gasteiger partial charge in [0.15, 0.2) is 6.29 Å². The minimum absolute atomic E-state index is 0.446. The molecule has 1 rings (SSSR count). The molecule has 2 N–H and O–H groups in total. The SMILES string of the molecule is CC(NO)=C(C=O)c1ccccc1. The van der Waals surface area contributed by atoms with E-state index in [-0.39, 0.29) is 0 Å². The van der Waals surface area contributed by atoms with Crippen molar-refractivity contribution in [2.75, 3.05) is 0 Å². The highest BCUT2D eigenvalue weighted by atomic mass is 16.5. The molecular formula is C10H11NO2. The van der Waals surface area contributed by atoms with Gasteiger partial charge >= 0.3 is 0 Å². The summed E-state index contributed by atoms with van der Waals surface area (Å²) in [4.78, 5) is 10.7. The Hall–Kier alpha value is -1.61. The molecule has 0 aromatic heterocycles. The number of aldehydes is 1. The largest absolute Gasteiger partial charge is 0.298 e. The minimum Gasteiger partial charge on any atom is -0.298 e. The highest BCUT2D eigenvalue weighted by molar-refractivity contribution is 6.07. The van der Waals surface area contributed by atoms with E-state index in [1.807, 2.05) is 35.8 Å². The lowest BCUT2D eigenvalue weighted by Gasteiger charge is -2.04. The first-order chi connectivity index (χ1) is 6.29. The van der Waals surface area contributed by atoms with E-state index in [0.717, 1.165) is 5.56 Å². The molecule has 13 heavy (non-hydrogen) atoms. The Morgan fingerprint density at radius 3 is 2.46 bits per heavy atom. The zero-order chi connectivity index (χ0) is 9.68. The maximum Gasteiger partial charge on any atom is 0.152 e. The van der Waals surface area contributed by atoms with Crippen LogP contribution < -0.4 is 5.48 Å². The average molecular weight is 177 g/mol. The zero-order valence-corrected chi connectivity index (χ0v) is 7.32. The van der Waals surface area contributed by atoms with Gasteiger partial charge in [0.2, 0.25) is 0 Å². The molecule has 0 saturated carbocycles. The summed E-state index contributed by atoms with van der Waals surface area (Å²) in [6.45, 7) is 1.64. The van der Waals surface area contributed by atoms with Crippen LogP contribution in [-0.2, 0) is 4.79 Å². The molecule has 0 unspecified atom stereocenters. The summed E-state index contributed by atoms with van der Waals surface area (Å²) in [7, 11) is 0. The Morgan fingerprint density at radius 1 is 1.38 bits per heavy atom. The Kier molecular flexibility index (Phi) is 3.23. The predicted molar refractivity (Wildman–Crippen MR) is 50.0 cm³/mol. The van der Waals surface area contributed by atoms with Crippen LogP contribution in [0.1, 0.15) is 12.5 Å². The quantitative estimate of drug-likeness (QED) is 0.419. The lowest BCUT2D eigenvalue weighted by Crippen LogP contribution is -2.06. The number of rotatable bonds is 3. The van der Waals surface area contributed by atoms with Gasteiger partial charge < -0.3 is 0 Å². The number of hydrogen-bond acceptors (Lipinski definition) is 3. The first-order valence-electron chi connectivity index (χ1n) is 3.91. The van der Waals surface area contributed by atoms with Crippen molar-refractivity contribution in [3.8, 4) is 0 Å². The molecule has 0 heterocycles. The molecule has 0 atom stereocenters. The van der Waals surface area contributed by atoms with Crippen molar-refractivity contribution in [3.05, 3.63) is 41.6 Å². The highest BCUT2D eigenvalue weighted by Crippen LogP contribution is 2.13. The van der Waals surface area contributed by atoms with Crippen molar-refractivity contribution >= 4 is 11.9 Å². The number of carbonyl (C=O) groups excluding carboxylic acids is 1. The number of carbonyl (C=O) groups is 1. The van der Waals surface area contributed by atoms with Crippen molar-refractivity contribution in [1.29, 1.82) is 0 Å². The monoisotopic (exact) mass is 177 g/mol. The first-order valence-corrected chi connectivity index (χ1v) is 3.91. The van der Waals surface area contributed by atoms with Crippen molar-refractivity contribution < 1.29 is 10.0 Å². The lowest BCUT2D eigenvalue weighted by molar-refractivity contribution is -0.103. The van der Waals surface area contributed by atoms with Gasteiger partial charge in [0.05, 0.1) is 0 Å². The number of hydrogen-bond donors (Lipinski definition) is 2. The fraction of sp³-hybridized carbons (Fsp3) is 0.100. The summed E-state index contributed by atoms with van der Waals surface area (Å²) in [6.07, 6.45) is 0.716. The van der Waals surface area contributed by atoms with Crippen LogP contribution in [0.25, 0.3) is 5.57 Å². The van der Waals surface area contributed by atoms with Crippen LogP contribution in [0.3, 0.4) is 0 Å². The standard InChI is InChI=1S/C10H11NO2/c1-8(11-13)10(7-12)9-5-3-2-4-6-9/h2-7,11,13H,1H3. The van der Waals surface area contributed by atoms with E-state index in [9.17, 15) is 4.79 Å². The Bertz CT molecular complexity index is 317. The molecule has 0 fully saturated rings. The number of benzene rings is 1. The van der Waals surface area contributed by atoms with E-state index >= 15 is 0 Å². The molecule has 1 aromatic carbocycles. The second-order valence-corrected chi connectivity index (χ2v) is 2.63. The third kappa shape index (κ3) is 2.16.